The molecule has 2 rings (SSSR count). The van der Waals surface area contributed by atoms with E-state index in [1.807, 2.05) is 0 Å². The molecule has 0 atom stereocenters. The second kappa shape index (κ2) is 4.25. The van der Waals surface area contributed by atoms with Crippen molar-refractivity contribution in [1.29, 1.82) is 0 Å². The highest BCUT2D eigenvalue weighted by Gasteiger charge is 2.36. The number of methoxy groups -OCH3 is 1. The second-order valence-corrected chi connectivity index (χ2v) is 4.00. The van der Waals surface area contributed by atoms with Gasteiger partial charge in [-0.25, -0.2) is 9.37 Å². The molecule has 0 aliphatic carbocycles. The van der Waals surface area contributed by atoms with Crippen molar-refractivity contribution in [2.24, 2.45) is 0 Å². The fourth-order valence-electron chi connectivity index (χ4n) is 1.85. The van der Waals surface area contributed by atoms with Crippen molar-refractivity contribution in [2.75, 3.05) is 12.8 Å². The van der Waals surface area contributed by atoms with E-state index in [4.69, 9.17) is 10.5 Å². The lowest BCUT2D eigenvalue weighted by molar-refractivity contribution is -0.141. The number of nitrogens with two attached hydrogens (primary N) is 1. The van der Waals surface area contributed by atoms with Crippen LogP contribution in [0, 0.1) is 12.7 Å². The van der Waals surface area contributed by atoms with Crippen molar-refractivity contribution in [2.45, 2.75) is 13.1 Å². The van der Waals surface area contributed by atoms with Crippen molar-refractivity contribution in [3.05, 3.63) is 29.2 Å². The average molecular weight is 274 g/mol. The fourth-order valence-corrected chi connectivity index (χ4v) is 1.85. The van der Waals surface area contributed by atoms with Crippen LogP contribution in [0.25, 0.3) is 10.9 Å². The Morgan fingerprint density at radius 3 is 2.42 bits per heavy atom. The number of anilines is 1. The van der Waals surface area contributed by atoms with E-state index in [1.54, 1.807) is 0 Å². The number of hydrogen-bond donors (Lipinski definition) is 1. The zero-order valence-electron chi connectivity index (χ0n) is 10.1. The summed E-state index contributed by atoms with van der Waals surface area (Å²) in [6.45, 7) is 1.20. The van der Waals surface area contributed by atoms with E-state index in [-0.39, 0.29) is 27.9 Å². The molecule has 0 bridgehead atoms. The third-order valence-electron chi connectivity index (χ3n) is 2.80. The number of pyridine rings is 1. The quantitative estimate of drug-likeness (QED) is 0.812. The Bertz CT molecular complexity index is 652. The summed E-state index contributed by atoms with van der Waals surface area (Å²) in [4.78, 5) is 3.52. The summed E-state index contributed by atoms with van der Waals surface area (Å²) in [5, 5.41) is 0.0994. The molecular weight excluding hydrogens is 264 g/mol. The van der Waals surface area contributed by atoms with Crippen molar-refractivity contribution >= 4 is 16.6 Å². The second-order valence-electron chi connectivity index (χ2n) is 4.00. The number of hydrogen-bond acceptors (Lipinski definition) is 3. The van der Waals surface area contributed by atoms with Gasteiger partial charge in [0.05, 0.1) is 7.11 Å². The Hall–Kier alpha value is -2.05. The number of nitrogens with zero attached hydrogens (tertiary/aromatic N) is 1. The normalized spacial score (nSPS) is 11.9. The van der Waals surface area contributed by atoms with Gasteiger partial charge in [-0.05, 0) is 13.0 Å². The number of aromatic nitrogens is 1. The number of fused-ring (bicyclic) bond motifs is 1. The van der Waals surface area contributed by atoms with Crippen LogP contribution in [0.2, 0.25) is 0 Å². The number of halogens is 4. The van der Waals surface area contributed by atoms with Crippen LogP contribution in [0.3, 0.4) is 0 Å². The third-order valence-corrected chi connectivity index (χ3v) is 2.80. The molecule has 0 aliphatic heterocycles. The van der Waals surface area contributed by atoms with Crippen LogP contribution in [0.4, 0.5) is 23.2 Å². The molecule has 0 saturated heterocycles. The van der Waals surface area contributed by atoms with Crippen molar-refractivity contribution in [3.63, 3.8) is 0 Å². The minimum atomic E-state index is -4.63. The molecule has 1 aromatic heterocycles. The molecule has 0 saturated carbocycles. The van der Waals surface area contributed by atoms with Gasteiger partial charge in [-0.2, -0.15) is 13.2 Å². The molecule has 0 fully saturated rings. The van der Waals surface area contributed by atoms with E-state index in [9.17, 15) is 17.6 Å². The van der Waals surface area contributed by atoms with Crippen LogP contribution in [0.1, 0.15) is 11.3 Å². The summed E-state index contributed by atoms with van der Waals surface area (Å²) < 4.78 is 56.7. The first-order chi connectivity index (χ1) is 8.75. The van der Waals surface area contributed by atoms with Gasteiger partial charge >= 0.3 is 6.18 Å². The molecule has 0 radical (unpaired) electrons. The van der Waals surface area contributed by atoms with Crippen LogP contribution >= 0.6 is 0 Å². The van der Waals surface area contributed by atoms with E-state index in [2.05, 4.69) is 4.98 Å². The lowest BCUT2D eigenvalue weighted by Crippen LogP contribution is -2.13. The molecule has 2 N–H and O–H groups in total. The molecule has 0 amide bonds. The standard InChI is InChI=1S/C12H10F4N2O/c1-5-9(17)7-3-6(13)4-8(19-2)10(7)18-11(5)12(14,15)16/h3-4H,1-2H3,(H2,17,18). The van der Waals surface area contributed by atoms with Gasteiger partial charge in [0.15, 0.2) is 0 Å². The molecule has 1 aromatic carbocycles. The van der Waals surface area contributed by atoms with E-state index >= 15 is 0 Å². The summed E-state index contributed by atoms with van der Waals surface area (Å²) in [5.41, 5.74) is 4.05. The van der Waals surface area contributed by atoms with Crippen LogP contribution in [-0.2, 0) is 6.18 Å². The number of benzene rings is 1. The number of ether oxygens (including phenoxy) is 1. The molecule has 19 heavy (non-hydrogen) atoms. The molecule has 3 nitrogen and oxygen atoms in total. The Kier molecular flexibility index (Phi) is 3.00. The highest BCUT2D eigenvalue weighted by atomic mass is 19.4. The maximum absolute atomic E-state index is 13.3. The van der Waals surface area contributed by atoms with E-state index in [0.717, 1.165) is 12.1 Å². The molecule has 0 unspecified atom stereocenters. The maximum Gasteiger partial charge on any atom is 0.433 e. The lowest BCUT2D eigenvalue weighted by Gasteiger charge is -2.15. The molecular formula is C12H10F4N2O. The fraction of sp³-hybridized carbons (Fsp3) is 0.250. The molecule has 7 heteroatoms. The predicted molar refractivity (Wildman–Crippen MR) is 62.4 cm³/mol. The molecule has 2 aromatic rings. The number of nitrogen functional groups attached to an aromatic ring is 1. The van der Waals surface area contributed by atoms with Gasteiger partial charge in [-0.3, -0.25) is 0 Å². The predicted octanol–water partition coefficient (Wildman–Crippen LogP) is 3.29. The monoisotopic (exact) mass is 274 g/mol. The number of rotatable bonds is 1. The summed E-state index contributed by atoms with van der Waals surface area (Å²) in [5.74, 6) is -0.746. The minimum absolute atomic E-state index is 0.0906. The largest absolute Gasteiger partial charge is 0.494 e. The van der Waals surface area contributed by atoms with E-state index < -0.39 is 17.7 Å². The van der Waals surface area contributed by atoms with Gasteiger partial charge < -0.3 is 10.5 Å². The van der Waals surface area contributed by atoms with Crippen molar-refractivity contribution in [1.82, 2.24) is 4.98 Å². The van der Waals surface area contributed by atoms with Gasteiger partial charge in [0, 0.05) is 22.7 Å². The minimum Gasteiger partial charge on any atom is -0.494 e. The van der Waals surface area contributed by atoms with Crippen LogP contribution in [-0.4, -0.2) is 12.1 Å². The zero-order valence-corrected chi connectivity index (χ0v) is 10.1. The molecule has 0 aliphatic rings. The Labute approximate surface area is 106 Å². The topological polar surface area (TPSA) is 48.1 Å². The summed E-state index contributed by atoms with van der Waals surface area (Å²) in [7, 11) is 1.22. The third kappa shape index (κ3) is 2.16. The summed E-state index contributed by atoms with van der Waals surface area (Å²) in [6.07, 6.45) is -4.63. The first kappa shape index (κ1) is 13.4. The lowest BCUT2D eigenvalue weighted by atomic mass is 10.1. The first-order valence-corrected chi connectivity index (χ1v) is 5.26. The average Bonchev–Trinajstić information content (AvgIpc) is 2.31. The number of alkyl halides is 3. The van der Waals surface area contributed by atoms with Gasteiger partial charge in [0.2, 0.25) is 0 Å². The van der Waals surface area contributed by atoms with Gasteiger partial charge in [-0.1, -0.05) is 0 Å². The summed E-state index contributed by atoms with van der Waals surface area (Å²) >= 11 is 0. The summed E-state index contributed by atoms with van der Waals surface area (Å²) in [6, 6.07) is 2.00. The van der Waals surface area contributed by atoms with Gasteiger partial charge in [-0.15, -0.1) is 0 Å². The van der Waals surface area contributed by atoms with E-state index in [1.165, 1.54) is 14.0 Å². The van der Waals surface area contributed by atoms with Crippen LogP contribution < -0.4 is 10.5 Å². The first-order valence-electron chi connectivity index (χ1n) is 5.26. The Balaban J connectivity index is 2.93. The Morgan fingerprint density at radius 1 is 1.26 bits per heavy atom. The maximum atomic E-state index is 13.3. The van der Waals surface area contributed by atoms with Crippen molar-refractivity contribution in [3.8, 4) is 5.75 Å². The SMILES string of the molecule is COc1cc(F)cc2c(N)c(C)c(C(F)(F)F)nc12. The van der Waals surface area contributed by atoms with Gasteiger partial charge in [0.1, 0.15) is 22.8 Å². The van der Waals surface area contributed by atoms with Gasteiger partial charge in [0.25, 0.3) is 0 Å². The Morgan fingerprint density at radius 2 is 1.89 bits per heavy atom. The molecule has 0 spiro atoms. The highest BCUT2D eigenvalue weighted by Crippen LogP contribution is 2.38. The van der Waals surface area contributed by atoms with E-state index in [0.29, 0.717) is 0 Å². The zero-order chi connectivity index (χ0) is 14.4. The van der Waals surface area contributed by atoms with Crippen LogP contribution in [0.15, 0.2) is 12.1 Å². The van der Waals surface area contributed by atoms with Crippen molar-refractivity contribution < 1.29 is 22.3 Å². The molecule has 102 valence electrons. The smallest absolute Gasteiger partial charge is 0.433 e. The van der Waals surface area contributed by atoms with Crippen LogP contribution in [0.5, 0.6) is 5.75 Å². The molecule has 1 heterocycles. The highest BCUT2D eigenvalue weighted by molar-refractivity contribution is 5.95.